The SMILES string of the molecule is COc1ccc(-c2ccc(CCC3CCC(C)CC3)nn2)cc1F. The molecule has 1 fully saturated rings. The summed E-state index contributed by atoms with van der Waals surface area (Å²) in [7, 11) is 1.46. The fourth-order valence-electron chi connectivity index (χ4n) is 3.44. The molecule has 3 nitrogen and oxygen atoms in total. The third-order valence-electron chi connectivity index (χ3n) is 5.11. The fourth-order valence-corrected chi connectivity index (χ4v) is 3.44. The first-order valence-corrected chi connectivity index (χ1v) is 8.82. The van der Waals surface area contributed by atoms with Crippen LogP contribution in [0.3, 0.4) is 0 Å². The summed E-state index contributed by atoms with van der Waals surface area (Å²) in [5.41, 5.74) is 2.42. The lowest BCUT2D eigenvalue weighted by atomic mass is 9.81. The zero-order chi connectivity index (χ0) is 16.9. The summed E-state index contributed by atoms with van der Waals surface area (Å²) in [6.45, 7) is 2.35. The number of benzene rings is 1. The first-order valence-electron chi connectivity index (χ1n) is 8.82. The first-order chi connectivity index (χ1) is 11.7. The minimum absolute atomic E-state index is 0.241. The van der Waals surface area contributed by atoms with Crippen LogP contribution in [0, 0.1) is 17.7 Å². The molecule has 1 aromatic heterocycles. The molecule has 0 aliphatic heterocycles. The molecule has 3 rings (SSSR count). The van der Waals surface area contributed by atoms with Crippen molar-refractivity contribution in [3.8, 4) is 17.0 Å². The molecule has 4 heteroatoms. The number of hydrogen-bond acceptors (Lipinski definition) is 3. The number of rotatable bonds is 5. The molecule has 0 bridgehead atoms. The lowest BCUT2D eigenvalue weighted by molar-refractivity contribution is 0.277. The highest BCUT2D eigenvalue weighted by Gasteiger charge is 2.18. The predicted octanol–water partition coefficient (Wildman–Crippen LogP) is 5.05. The van der Waals surface area contributed by atoms with Crippen molar-refractivity contribution in [2.24, 2.45) is 11.8 Å². The average molecular weight is 328 g/mol. The Balaban J connectivity index is 1.60. The van der Waals surface area contributed by atoms with E-state index < -0.39 is 0 Å². The van der Waals surface area contributed by atoms with Crippen molar-refractivity contribution in [2.45, 2.75) is 45.4 Å². The van der Waals surface area contributed by atoms with Crippen LogP contribution in [0.2, 0.25) is 0 Å². The van der Waals surface area contributed by atoms with Gasteiger partial charge >= 0.3 is 0 Å². The third kappa shape index (κ3) is 4.11. The van der Waals surface area contributed by atoms with Crippen molar-refractivity contribution in [3.63, 3.8) is 0 Å². The van der Waals surface area contributed by atoms with Gasteiger partial charge in [-0.15, -0.1) is 0 Å². The third-order valence-corrected chi connectivity index (χ3v) is 5.11. The Kier molecular flexibility index (Phi) is 5.44. The molecule has 24 heavy (non-hydrogen) atoms. The molecule has 0 atom stereocenters. The minimum Gasteiger partial charge on any atom is -0.494 e. The molecule has 0 amide bonds. The molecule has 0 spiro atoms. The Morgan fingerprint density at radius 1 is 1.08 bits per heavy atom. The van der Waals surface area contributed by atoms with Gasteiger partial charge in [0.15, 0.2) is 11.6 Å². The van der Waals surface area contributed by atoms with Crippen molar-refractivity contribution < 1.29 is 9.13 Å². The number of halogens is 1. The van der Waals surface area contributed by atoms with E-state index in [1.165, 1.54) is 45.3 Å². The average Bonchev–Trinajstić information content (AvgIpc) is 2.61. The molecule has 0 unspecified atom stereocenters. The van der Waals surface area contributed by atoms with Crippen molar-refractivity contribution in [3.05, 3.63) is 41.8 Å². The maximum absolute atomic E-state index is 13.8. The van der Waals surface area contributed by atoms with Crippen molar-refractivity contribution in [2.75, 3.05) is 7.11 Å². The summed E-state index contributed by atoms with van der Waals surface area (Å²) >= 11 is 0. The van der Waals surface area contributed by atoms with Gasteiger partial charge in [0.05, 0.1) is 18.5 Å². The highest BCUT2D eigenvalue weighted by atomic mass is 19.1. The van der Waals surface area contributed by atoms with Crippen LogP contribution in [0.4, 0.5) is 4.39 Å². The summed E-state index contributed by atoms with van der Waals surface area (Å²) in [4.78, 5) is 0. The van der Waals surface area contributed by atoms with Gasteiger partial charge in [-0.3, -0.25) is 0 Å². The largest absolute Gasteiger partial charge is 0.494 e. The lowest BCUT2D eigenvalue weighted by Gasteiger charge is -2.25. The van der Waals surface area contributed by atoms with Gasteiger partial charge in [-0.2, -0.15) is 10.2 Å². The summed E-state index contributed by atoms with van der Waals surface area (Å²) in [5, 5.41) is 8.59. The van der Waals surface area contributed by atoms with E-state index in [2.05, 4.69) is 17.1 Å². The maximum Gasteiger partial charge on any atom is 0.165 e. The van der Waals surface area contributed by atoms with Gasteiger partial charge in [-0.05, 0) is 55.0 Å². The van der Waals surface area contributed by atoms with Crippen LogP contribution in [0.25, 0.3) is 11.3 Å². The van der Waals surface area contributed by atoms with Crippen LogP contribution in [0.15, 0.2) is 30.3 Å². The Bertz CT molecular complexity index is 664. The lowest BCUT2D eigenvalue weighted by Crippen LogP contribution is -2.13. The second-order valence-corrected chi connectivity index (χ2v) is 6.92. The van der Waals surface area contributed by atoms with Gasteiger partial charge in [0.1, 0.15) is 0 Å². The Morgan fingerprint density at radius 3 is 2.50 bits per heavy atom. The van der Waals surface area contributed by atoms with Gasteiger partial charge in [-0.25, -0.2) is 4.39 Å². The molecule has 0 radical (unpaired) electrons. The van der Waals surface area contributed by atoms with E-state index in [-0.39, 0.29) is 11.6 Å². The Hall–Kier alpha value is -1.97. The molecule has 1 aromatic carbocycles. The zero-order valence-corrected chi connectivity index (χ0v) is 14.5. The normalized spacial score (nSPS) is 20.8. The molecule has 0 saturated heterocycles. The molecule has 0 N–H and O–H groups in total. The summed E-state index contributed by atoms with van der Waals surface area (Å²) < 4.78 is 18.7. The van der Waals surface area contributed by atoms with Crippen LogP contribution >= 0.6 is 0 Å². The van der Waals surface area contributed by atoms with E-state index in [9.17, 15) is 4.39 Å². The number of aromatic nitrogens is 2. The molecule has 128 valence electrons. The van der Waals surface area contributed by atoms with E-state index in [0.717, 1.165) is 24.0 Å². The van der Waals surface area contributed by atoms with Crippen molar-refractivity contribution in [1.82, 2.24) is 10.2 Å². The van der Waals surface area contributed by atoms with Crippen LogP contribution in [0.1, 0.15) is 44.7 Å². The maximum atomic E-state index is 13.8. The van der Waals surface area contributed by atoms with E-state index in [1.807, 2.05) is 12.1 Å². The van der Waals surface area contributed by atoms with Gasteiger partial charge < -0.3 is 4.74 Å². The first kappa shape index (κ1) is 16.9. The van der Waals surface area contributed by atoms with E-state index in [4.69, 9.17) is 4.74 Å². The van der Waals surface area contributed by atoms with Gasteiger partial charge in [0.2, 0.25) is 0 Å². The molecule has 1 aliphatic rings. The minimum atomic E-state index is -0.382. The standard InChI is InChI=1S/C20H25FN2O/c1-14-3-5-15(6-4-14)7-9-17-10-11-19(23-22-17)16-8-12-20(24-2)18(21)13-16/h8,10-15H,3-7,9H2,1-2H3. The zero-order valence-electron chi connectivity index (χ0n) is 14.5. The quantitative estimate of drug-likeness (QED) is 0.770. The predicted molar refractivity (Wildman–Crippen MR) is 93.4 cm³/mol. The molecule has 1 saturated carbocycles. The number of hydrogen-bond donors (Lipinski definition) is 0. The van der Waals surface area contributed by atoms with Gasteiger partial charge in [-0.1, -0.05) is 32.6 Å². The monoisotopic (exact) mass is 328 g/mol. The molecule has 2 aromatic rings. The number of ether oxygens (including phenoxy) is 1. The summed E-state index contributed by atoms with van der Waals surface area (Å²) in [6, 6.07) is 8.79. The fraction of sp³-hybridized carbons (Fsp3) is 0.500. The van der Waals surface area contributed by atoms with Gasteiger partial charge in [0, 0.05) is 5.56 Å². The van der Waals surface area contributed by atoms with Crippen LogP contribution < -0.4 is 4.74 Å². The van der Waals surface area contributed by atoms with E-state index in [0.29, 0.717) is 11.3 Å². The summed E-state index contributed by atoms with van der Waals surface area (Å²) in [5.74, 6) is 1.58. The van der Waals surface area contributed by atoms with Crippen LogP contribution in [-0.4, -0.2) is 17.3 Å². The van der Waals surface area contributed by atoms with E-state index >= 15 is 0 Å². The number of aryl methyl sites for hydroxylation is 1. The van der Waals surface area contributed by atoms with Crippen LogP contribution in [-0.2, 0) is 6.42 Å². The van der Waals surface area contributed by atoms with Crippen LogP contribution in [0.5, 0.6) is 5.75 Å². The molecule has 1 heterocycles. The highest BCUT2D eigenvalue weighted by Crippen LogP contribution is 2.31. The van der Waals surface area contributed by atoms with Crippen molar-refractivity contribution >= 4 is 0 Å². The van der Waals surface area contributed by atoms with Gasteiger partial charge in [0.25, 0.3) is 0 Å². The Morgan fingerprint density at radius 2 is 1.88 bits per heavy atom. The molecular weight excluding hydrogens is 303 g/mol. The van der Waals surface area contributed by atoms with E-state index in [1.54, 1.807) is 12.1 Å². The summed E-state index contributed by atoms with van der Waals surface area (Å²) in [6.07, 6.45) is 7.58. The topological polar surface area (TPSA) is 35.0 Å². The smallest absolute Gasteiger partial charge is 0.165 e. The van der Waals surface area contributed by atoms with Crippen molar-refractivity contribution in [1.29, 1.82) is 0 Å². The Labute approximate surface area is 143 Å². The second-order valence-electron chi connectivity index (χ2n) is 6.92. The molecule has 1 aliphatic carbocycles. The highest BCUT2D eigenvalue weighted by molar-refractivity contribution is 5.59. The second kappa shape index (κ2) is 7.73. The number of methoxy groups -OCH3 is 1. The molecular formula is C20H25FN2O. The number of nitrogens with zero attached hydrogens (tertiary/aromatic N) is 2.